The molecule has 15 heteroatoms. The minimum absolute atomic E-state index is 0.0682. The van der Waals surface area contributed by atoms with Gasteiger partial charge in [0.15, 0.2) is 5.82 Å². The van der Waals surface area contributed by atoms with Crippen molar-refractivity contribution in [3.8, 4) is 35.4 Å². The van der Waals surface area contributed by atoms with Crippen molar-refractivity contribution in [1.82, 2.24) is 24.8 Å². The van der Waals surface area contributed by atoms with Crippen LogP contribution in [0.25, 0.3) is 32.9 Å². The van der Waals surface area contributed by atoms with Crippen molar-refractivity contribution >= 4 is 45.3 Å². The number of ether oxygens (including phenoxy) is 2. The Morgan fingerprint density at radius 2 is 1.84 bits per heavy atom. The molecule has 2 bridgehead atoms. The van der Waals surface area contributed by atoms with Gasteiger partial charge in [0.2, 0.25) is 5.91 Å². The average molecular weight is 783 g/mol. The number of alkyl halides is 1. The zero-order valence-electron chi connectivity index (χ0n) is 31.7. The Balaban J connectivity index is 1.25. The van der Waals surface area contributed by atoms with Gasteiger partial charge in [-0.1, -0.05) is 12.0 Å². The Kier molecular flexibility index (Phi) is 9.58. The first-order chi connectivity index (χ1) is 27.2. The molecule has 4 aromatic rings. The molecule has 0 aliphatic carbocycles. The fourth-order valence-electron chi connectivity index (χ4n) is 8.89. The van der Waals surface area contributed by atoms with Crippen LogP contribution in [0.4, 0.5) is 19.0 Å². The lowest BCUT2D eigenvalue weighted by Crippen LogP contribution is -2.55. The summed E-state index contributed by atoms with van der Waals surface area (Å²) in [5, 5.41) is 9.89. The molecule has 4 fully saturated rings. The Labute approximate surface area is 326 Å². The maximum Gasteiger partial charge on any atom is 0.328 e. The zero-order valence-corrected chi connectivity index (χ0v) is 31.7. The van der Waals surface area contributed by atoms with Gasteiger partial charge < -0.3 is 24.4 Å². The Morgan fingerprint density at radius 1 is 1.09 bits per heavy atom. The summed E-state index contributed by atoms with van der Waals surface area (Å²) in [6.07, 6.45) is 11.3. The van der Waals surface area contributed by atoms with E-state index in [-0.39, 0.29) is 63.6 Å². The number of pyridine rings is 1. The van der Waals surface area contributed by atoms with E-state index in [0.717, 1.165) is 31.5 Å². The fourth-order valence-corrected chi connectivity index (χ4v) is 8.89. The number of nitrogens with zero attached hydrogens (tertiary/aromatic N) is 6. The highest BCUT2D eigenvalue weighted by molar-refractivity contribution is 6.03. The van der Waals surface area contributed by atoms with Crippen LogP contribution < -0.4 is 14.4 Å². The number of benzene rings is 2. The normalized spacial score (nSPS) is 23.4. The number of fused-ring (bicyclic) bond motifs is 5. The van der Waals surface area contributed by atoms with Gasteiger partial charge in [-0.15, -0.1) is 6.42 Å². The molecule has 0 radical (unpaired) electrons. The van der Waals surface area contributed by atoms with E-state index in [1.807, 2.05) is 4.90 Å². The monoisotopic (exact) mass is 782 g/mol. The molecule has 0 spiro atoms. The summed E-state index contributed by atoms with van der Waals surface area (Å²) < 4.78 is 59.3. The first-order valence-corrected chi connectivity index (χ1v) is 19.0. The Bertz CT molecular complexity index is 2400. The highest BCUT2D eigenvalue weighted by Gasteiger charge is 2.49. The third-order valence-electron chi connectivity index (χ3n) is 11.5. The molecule has 1 N–H and O–H groups in total. The SMILES string of the molecule is C#Cc1c(F)ccc2cc(OC(=O)C(C)(C)C)cc(-c3ncc4c(N5CC6CCC(C5)N6C(=O)/C=C\C(=O)O)nc(OC[C@@]56CCCN5C[C@H](F)C6)nc4c3F)c12. The predicted octanol–water partition coefficient (Wildman–Crippen LogP) is 5.83. The molecule has 6 heterocycles. The summed E-state index contributed by atoms with van der Waals surface area (Å²) in [6.45, 7) is 6.81. The number of aliphatic carboxylic acids is 1. The molecular formula is C42H41F3N6O6. The van der Waals surface area contributed by atoms with E-state index >= 15 is 8.78 Å². The van der Waals surface area contributed by atoms with E-state index < -0.39 is 46.6 Å². The van der Waals surface area contributed by atoms with Crippen LogP contribution in [0.2, 0.25) is 0 Å². The van der Waals surface area contributed by atoms with Gasteiger partial charge in [0.05, 0.1) is 21.9 Å². The quantitative estimate of drug-likeness (QED) is 0.100. The second-order valence-corrected chi connectivity index (χ2v) is 16.4. The van der Waals surface area contributed by atoms with Gasteiger partial charge in [-0.2, -0.15) is 9.97 Å². The molecular weight excluding hydrogens is 741 g/mol. The number of terminal acetylenes is 1. The molecule has 1 amide bonds. The van der Waals surface area contributed by atoms with Crippen LogP contribution in [0.5, 0.6) is 11.8 Å². The van der Waals surface area contributed by atoms with Crippen LogP contribution in [0, 0.1) is 29.4 Å². The lowest BCUT2D eigenvalue weighted by molar-refractivity contribution is -0.143. The van der Waals surface area contributed by atoms with Crippen LogP contribution in [-0.4, -0.2) is 104 Å². The van der Waals surface area contributed by atoms with E-state index in [4.69, 9.17) is 26.0 Å². The standard InChI is InChI=1S/C42H41F3N6O6/c1-5-28-31(44)10-7-23-15-27(57-39(55)41(2,3)4)16-29(34(23)28)36-35(45)37-30(18-46-36)38(48-40(47-37)56-22-42-13-6-14-50(42)19-24(43)17-42)49-20-25-8-9-26(21-49)51(25)32(52)11-12-33(53)54/h1,7,10-12,15-16,18,24-26H,6,8-9,13-14,17,19-22H2,2-4H3,(H,53,54)/b12-11-/t24-,25?,26?,42+/m1/s1. The molecule has 4 aliphatic rings. The number of amides is 1. The summed E-state index contributed by atoms with van der Waals surface area (Å²) in [6, 6.07) is 4.87. The molecule has 2 aromatic heterocycles. The highest BCUT2D eigenvalue weighted by Crippen LogP contribution is 2.43. The second-order valence-electron chi connectivity index (χ2n) is 16.4. The van der Waals surface area contributed by atoms with Crippen molar-refractivity contribution in [2.45, 2.75) is 76.7 Å². The summed E-state index contributed by atoms with van der Waals surface area (Å²) in [5.74, 6) is -1.03. The average Bonchev–Trinajstić information content (AvgIpc) is 3.78. The summed E-state index contributed by atoms with van der Waals surface area (Å²) in [7, 11) is 0. The maximum atomic E-state index is 17.4. The van der Waals surface area contributed by atoms with Crippen molar-refractivity contribution in [3.63, 3.8) is 0 Å². The molecule has 4 saturated heterocycles. The number of carbonyl (C=O) groups is 3. The van der Waals surface area contributed by atoms with Crippen molar-refractivity contribution < 1.29 is 42.1 Å². The molecule has 2 unspecified atom stereocenters. The summed E-state index contributed by atoms with van der Waals surface area (Å²) in [5.41, 5.74) is -1.88. The van der Waals surface area contributed by atoms with E-state index in [1.54, 1.807) is 25.7 Å². The smallest absolute Gasteiger partial charge is 0.328 e. The molecule has 8 rings (SSSR count). The molecule has 4 atom stereocenters. The number of anilines is 1. The number of piperazine rings is 1. The van der Waals surface area contributed by atoms with Gasteiger partial charge in [0.1, 0.15) is 41.4 Å². The summed E-state index contributed by atoms with van der Waals surface area (Å²) >= 11 is 0. The number of hydrogen-bond donors (Lipinski definition) is 1. The van der Waals surface area contributed by atoms with Crippen molar-refractivity contribution in [2.24, 2.45) is 5.41 Å². The maximum absolute atomic E-state index is 17.4. The number of esters is 1. The molecule has 0 saturated carbocycles. The summed E-state index contributed by atoms with van der Waals surface area (Å²) in [4.78, 5) is 56.8. The first-order valence-electron chi connectivity index (χ1n) is 19.0. The van der Waals surface area contributed by atoms with E-state index in [9.17, 15) is 18.8 Å². The minimum Gasteiger partial charge on any atom is -0.478 e. The van der Waals surface area contributed by atoms with Crippen molar-refractivity contribution in [1.29, 1.82) is 0 Å². The Morgan fingerprint density at radius 3 is 2.54 bits per heavy atom. The van der Waals surface area contributed by atoms with Gasteiger partial charge in [0, 0.05) is 67.4 Å². The third-order valence-corrected chi connectivity index (χ3v) is 11.5. The van der Waals surface area contributed by atoms with E-state index in [0.29, 0.717) is 50.1 Å². The number of carboxylic acids is 1. The van der Waals surface area contributed by atoms with Gasteiger partial charge in [-0.25, -0.2) is 18.0 Å². The number of halogens is 3. The molecule has 2 aromatic carbocycles. The number of aromatic nitrogens is 3. The third kappa shape index (κ3) is 6.90. The minimum atomic E-state index is -1.23. The van der Waals surface area contributed by atoms with Gasteiger partial charge >= 0.3 is 17.9 Å². The molecule has 296 valence electrons. The molecule has 12 nitrogen and oxygen atoms in total. The zero-order chi connectivity index (χ0) is 40.4. The molecule has 57 heavy (non-hydrogen) atoms. The van der Waals surface area contributed by atoms with Crippen LogP contribution in [0.15, 0.2) is 42.6 Å². The molecule has 4 aliphatic heterocycles. The second kappa shape index (κ2) is 14.3. The van der Waals surface area contributed by atoms with Crippen LogP contribution >= 0.6 is 0 Å². The van der Waals surface area contributed by atoms with Gasteiger partial charge in [0.25, 0.3) is 0 Å². The highest BCUT2D eigenvalue weighted by atomic mass is 19.1. The fraction of sp³-hybridized carbons (Fsp3) is 0.429. The van der Waals surface area contributed by atoms with Crippen LogP contribution in [-0.2, 0) is 14.4 Å². The van der Waals surface area contributed by atoms with Crippen molar-refractivity contribution in [2.75, 3.05) is 37.7 Å². The lowest BCUT2D eigenvalue weighted by atomic mass is 9.95. The van der Waals surface area contributed by atoms with Gasteiger partial charge in [-0.3, -0.25) is 19.5 Å². The van der Waals surface area contributed by atoms with Crippen LogP contribution in [0.1, 0.15) is 58.4 Å². The van der Waals surface area contributed by atoms with E-state index in [1.165, 1.54) is 30.5 Å². The number of hydrogen-bond acceptors (Lipinski definition) is 10. The van der Waals surface area contributed by atoms with Crippen molar-refractivity contribution in [3.05, 3.63) is 59.8 Å². The Hall–Kier alpha value is -5.75. The predicted molar refractivity (Wildman–Crippen MR) is 204 cm³/mol. The van der Waals surface area contributed by atoms with E-state index in [2.05, 4.69) is 20.8 Å². The number of carbonyl (C=O) groups excluding carboxylic acids is 2. The number of rotatable bonds is 8. The van der Waals surface area contributed by atoms with Crippen LogP contribution in [0.3, 0.4) is 0 Å². The first kappa shape index (κ1) is 38.1. The number of carboxylic acid groups (broad SMARTS) is 1. The van der Waals surface area contributed by atoms with Gasteiger partial charge in [-0.05, 0) is 76.6 Å². The largest absolute Gasteiger partial charge is 0.478 e. The topological polar surface area (TPSA) is 138 Å². The lowest BCUT2D eigenvalue weighted by Gasteiger charge is -2.41.